The molecule has 0 saturated carbocycles. The number of aromatic nitrogens is 2. The van der Waals surface area contributed by atoms with Crippen LogP contribution < -0.4 is 10.1 Å². The van der Waals surface area contributed by atoms with Crippen molar-refractivity contribution in [3.05, 3.63) is 65.5 Å². The highest BCUT2D eigenvalue weighted by atomic mass is 19.4. The lowest BCUT2D eigenvalue weighted by Gasteiger charge is -2.15. The Hall–Kier alpha value is -3.16. The normalized spacial score (nSPS) is 11.4. The first-order valence-corrected chi connectivity index (χ1v) is 7.62. The van der Waals surface area contributed by atoms with Gasteiger partial charge in [-0.25, -0.2) is 4.98 Å². The molecule has 26 heavy (non-hydrogen) atoms. The van der Waals surface area contributed by atoms with Crippen molar-refractivity contribution >= 4 is 16.8 Å². The first-order chi connectivity index (χ1) is 12.4. The standard InChI is InChI=1S/C18H14F3N3O2/c1-26-15-7-6-11(8-23-15)9-24-17(25)13-10-22-14-5-3-2-4-12(14)16(13)18(19,20)21/h2-8,10H,9H2,1H3,(H,24,25). The zero-order chi connectivity index (χ0) is 18.7. The third-order valence-electron chi connectivity index (χ3n) is 3.76. The molecule has 0 bridgehead atoms. The van der Waals surface area contributed by atoms with Crippen molar-refractivity contribution < 1.29 is 22.7 Å². The van der Waals surface area contributed by atoms with Crippen molar-refractivity contribution in [2.24, 2.45) is 0 Å². The molecule has 1 aromatic carbocycles. The zero-order valence-corrected chi connectivity index (χ0v) is 13.7. The molecule has 0 atom stereocenters. The minimum Gasteiger partial charge on any atom is -0.481 e. The average Bonchev–Trinajstić information content (AvgIpc) is 2.64. The summed E-state index contributed by atoms with van der Waals surface area (Å²) in [7, 11) is 1.47. The number of ether oxygens (including phenoxy) is 1. The fraction of sp³-hybridized carbons (Fsp3) is 0.167. The summed E-state index contributed by atoms with van der Waals surface area (Å²) in [6.07, 6.45) is -2.26. The van der Waals surface area contributed by atoms with Gasteiger partial charge in [0.05, 0.1) is 23.8 Å². The highest BCUT2D eigenvalue weighted by Crippen LogP contribution is 2.36. The van der Waals surface area contributed by atoms with Crippen LogP contribution in [0.3, 0.4) is 0 Å². The van der Waals surface area contributed by atoms with Gasteiger partial charge < -0.3 is 10.1 Å². The van der Waals surface area contributed by atoms with Crippen LogP contribution in [0.15, 0.2) is 48.8 Å². The number of carbonyl (C=O) groups is 1. The average molecular weight is 361 g/mol. The second-order valence-corrected chi connectivity index (χ2v) is 5.45. The van der Waals surface area contributed by atoms with Gasteiger partial charge in [-0.1, -0.05) is 24.3 Å². The molecule has 0 radical (unpaired) electrons. The maximum atomic E-state index is 13.6. The van der Waals surface area contributed by atoms with Crippen molar-refractivity contribution in [3.63, 3.8) is 0 Å². The Morgan fingerprint density at radius 3 is 2.54 bits per heavy atom. The molecule has 2 aromatic heterocycles. The van der Waals surface area contributed by atoms with Crippen LogP contribution in [0.25, 0.3) is 10.9 Å². The van der Waals surface area contributed by atoms with Gasteiger partial charge in [-0.05, 0) is 11.6 Å². The van der Waals surface area contributed by atoms with E-state index < -0.39 is 23.2 Å². The molecule has 0 aliphatic carbocycles. The molecular formula is C18H14F3N3O2. The van der Waals surface area contributed by atoms with Gasteiger partial charge >= 0.3 is 6.18 Å². The summed E-state index contributed by atoms with van der Waals surface area (Å²) in [5, 5.41) is 2.36. The minimum atomic E-state index is -4.68. The number of fused-ring (bicyclic) bond motifs is 1. The van der Waals surface area contributed by atoms with Crippen LogP contribution in [0.1, 0.15) is 21.5 Å². The van der Waals surface area contributed by atoms with E-state index in [2.05, 4.69) is 15.3 Å². The van der Waals surface area contributed by atoms with Gasteiger partial charge in [0, 0.05) is 30.4 Å². The Kier molecular flexibility index (Phi) is 4.75. The second-order valence-electron chi connectivity index (χ2n) is 5.45. The number of benzene rings is 1. The number of pyridine rings is 2. The molecule has 0 spiro atoms. The molecular weight excluding hydrogens is 347 g/mol. The summed E-state index contributed by atoms with van der Waals surface area (Å²) in [4.78, 5) is 20.3. The van der Waals surface area contributed by atoms with Crippen molar-refractivity contribution in [1.29, 1.82) is 0 Å². The SMILES string of the molecule is COc1ccc(CNC(=O)c2cnc3ccccc3c2C(F)(F)F)cn1. The van der Waals surface area contributed by atoms with Crippen LogP contribution in [-0.2, 0) is 12.7 Å². The molecule has 8 heteroatoms. The molecule has 5 nitrogen and oxygen atoms in total. The first kappa shape index (κ1) is 17.7. The third-order valence-corrected chi connectivity index (χ3v) is 3.76. The number of hydrogen-bond acceptors (Lipinski definition) is 4. The van der Waals surface area contributed by atoms with E-state index in [1.54, 1.807) is 18.2 Å². The molecule has 0 unspecified atom stereocenters. The third kappa shape index (κ3) is 3.58. The predicted molar refractivity (Wildman–Crippen MR) is 88.7 cm³/mol. The highest BCUT2D eigenvalue weighted by molar-refractivity contribution is 6.00. The van der Waals surface area contributed by atoms with Gasteiger partial charge in [0.2, 0.25) is 5.88 Å². The van der Waals surface area contributed by atoms with Crippen LogP contribution >= 0.6 is 0 Å². The lowest BCUT2D eigenvalue weighted by atomic mass is 10.0. The van der Waals surface area contributed by atoms with E-state index in [1.165, 1.54) is 31.5 Å². The number of carbonyl (C=O) groups excluding carboxylic acids is 1. The van der Waals surface area contributed by atoms with E-state index in [0.29, 0.717) is 11.4 Å². The van der Waals surface area contributed by atoms with Crippen molar-refractivity contribution in [2.45, 2.75) is 12.7 Å². The van der Waals surface area contributed by atoms with E-state index in [4.69, 9.17) is 4.74 Å². The molecule has 3 aromatic rings. The Morgan fingerprint density at radius 2 is 1.88 bits per heavy atom. The van der Waals surface area contributed by atoms with Crippen LogP contribution in [0.2, 0.25) is 0 Å². The van der Waals surface area contributed by atoms with Gasteiger partial charge in [0.25, 0.3) is 5.91 Å². The van der Waals surface area contributed by atoms with E-state index in [-0.39, 0.29) is 17.4 Å². The summed E-state index contributed by atoms with van der Waals surface area (Å²) in [5.74, 6) is -0.454. The van der Waals surface area contributed by atoms with Crippen LogP contribution in [0, 0.1) is 0 Å². The first-order valence-electron chi connectivity index (χ1n) is 7.62. The minimum absolute atomic E-state index is 0.0277. The number of halogens is 3. The Labute approximate surface area is 146 Å². The summed E-state index contributed by atoms with van der Waals surface area (Å²) in [6, 6.07) is 9.09. The lowest BCUT2D eigenvalue weighted by Crippen LogP contribution is -2.26. The Morgan fingerprint density at radius 1 is 1.12 bits per heavy atom. The monoisotopic (exact) mass is 361 g/mol. The lowest BCUT2D eigenvalue weighted by molar-refractivity contribution is -0.136. The van der Waals surface area contributed by atoms with Gasteiger partial charge in [-0.2, -0.15) is 13.2 Å². The van der Waals surface area contributed by atoms with E-state index in [9.17, 15) is 18.0 Å². The number of rotatable bonds is 4. The molecule has 0 fully saturated rings. The number of alkyl halides is 3. The second kappa shape index (κ2) is 6.99. The van der Waals surface area contributed by atoms with Gasteiger partial charge in [0.1, 0.15) is 0 Å². The molecule has 0 aliphatic rings. The summed E-state index contributed by atoms with van der Waals surface area (Å²) in [5.41, 5.74) is -0.705. The van der Waals surface area contributed by atoms with Crippen molar-refractivity contribution in [1.82, 2.24) is 15.3 Å². The summed E-state index contributed by atoms with van der Waals surface area (Å²) in [6.45, 7) is 0.0277. The smallest absolute Gasteiger partial charge is 0.417 e. The quantitative estimate of drug-likeness (QED) is 0.771. The van der Waals surface area contributed by atoms with Crippen molar-refractivity contribution in [3.8, 4) is 5.88 Å². The largest absolute Gasteiger partial charge is 0.481 e. The molecule has 134 valence electrons. The summed E-state index contributed by atoms with van der Waals surface area (Å²) >= 11 is 0. The molecule has 2 heterocycles. The van der Waals surface area contributed by atoms with Gasteiger partial charge in [-0.3, -0.25) is 9.78 Å². The molecule has 0 saturated heterocycles. The highest BCUT2D eigenvalue weighted by Gasteiger charge is 2.37. The Balaban J connectivity index is 1.90. The molecule has 1 amide bonds. The molecule has 0 aliphatic heterocycles. The maximum absolute atomic E-state index is 13.6. The zero-order valence-electron chi connectivity index (χ0n) is 13.7. The van der Waals surface area contributed by atoms with Gasteiger partial charge in [0.15, 0.2) is 0 Å². The van der Waals surface area contributed by atoms with E-state index in [1.807, 2.05) is 0 Å². The van der Waals surface area contributed by atoms with Gasteiger partial charge in [-0.15, -0.1) is 0 Å². The van der Waals surface area contributed by atoms with E-state index >= 15 is 0 Å². The molecule has 1 N–H and O–H groups in total. The number of para-hydroxylation sites is 1. The summed E-state index contributed by atoms with van der Waals surface area (Å²) < 4.78 is 45.6. The fourth-order valence-corrected chi connectivity index (χ4v) is 2.53. The number of hydrogen-bond donors (Lipinski definition) is 1. The maximum Gasteiger partial charge on any atom is 0.417 e. The number of methoxy groups -OCH3 is 1. The number of amides is 1. The van der Waals surface area contributed by atoms with Crippen molar-refractivity contribution in [2.75, 3.05) is 7.11 Å². The van der Waals surface area contributed by atoms with E-state index in [0.717, 1.165) is 6.20 Å². The van der Waals surface area contributed by atoms with Crippen LogP contribution in [-0.4, -0.2) is 23.0 Å². The number of nitrogens with zero attached hydrogens (tertiary/aromatic N) is 2. The van der Waals surface area contributed by atoms with Crippen LogP contribution in [0.4, 0.5) is 13.2 Å². The molecule has 3 rings (SSSR count). The topological polar surface area (TPSA) is 64.1 Å². The predicted octanol–water partition coefficient (Wildman–Crippen LogP) is 3.59. The number of nitrogens with one attached hydrogen (secondary N) is 1. The van der Waals surface area contributed by atoms with Crippen LogP contribution in [0.5, 0.6) is 5.88 Å². The Bertz CT molecular complexity index is 941. The fourth-order valence-electron chi connectivity index (χ4n) is 2.53.